The van der Waals surface area contributed by atoms with Crippen molar-refractivity contribution in [2.24, 2.45) is 10.8 Å². The number of hydrogen-bond acceptors (Lipinski definition) is 2. The van der Waals surface area contributed by atoms with Crippen LogP contribution in [0, 0.1) is 10.8 Å². The van der Waals surface area contributed by atoms with E-state index in [9.17, 15) is 0 Å². The highest BCUT2D eigenvalue weighted by molar-refractivity contribution is 5.19. The normalized spacial score (nSPS) is 21.7. The van der Waals surface area contributed by atoms with Gasteiger partial charge in [0.05, 0.1) is 12.0 Å². The minimum Gasteiger partial charge on any atom is -0.329 e. The van der Waals surface area contributed by atoms with E-state index >= 15 is 0 Å². The molecule has 0 aromatic carbocycles. The van der Waals surface area contributed by atoms with Crippen LogP contribution < -0.4 is 5.32 Å². The van der Waals surface area contributed by atoms with E-state index in [0.29, 0.717) is 16.9 Å². The van der Waals surface area contributed by atoms with Crippen LogP contribution in [0.4, 0.5) is 0 Å². The summed E-state index contributed by atoms with van der Waals surface area (Å²) in [6.45, 7) is 13.6. The second-order valence-corrected chi connectivity index (χ2v) is 6.31. The summed E-state index contributed by atoms with van der Waals surface area (Å²) < 4.78 is 2.36. The zero-order chi connectivity index (χ0) is 12.7. The van der Waals surface area contributed by atoms with Crippen molar-refractivity contribution in [2.75, 3.05) is 6.54 Å². The molecular weight excluding hydrogens is 210 g/mol. The Morgan fingerprint density at radius 3 is 2.47 bits per heavy atom. The SMILES string of the molecule is CCCNCc1cncn1C1C(C)(C)C1(C)C. The van der Waals surface area contributed by atoms with Crippen LogP contribution in [-0.2, 0) is 6.54 Å². The van der Waals surface area contributed by atoms with Gasteiger partial charge < -0.3 is 9.88 Å². The van der Waals surface area contributed by atoms with Crippen LogP contribution in [0.15, 0.2) is 12.5 Å². The van der Waals surface area contributed by atoms with E-state index in [1.807, 2.05) is 12.5 Å². The predicted molar refractivity (Wildman–Crippen MR) is 70.8 cm³/mol. The molecule has 17 heavy (non-hydrogen) atoms. The van der Waals surface area contributed by atoms with Crippen molar-refractivity contribution in [1.29, 1.82) is 0 Å². The average molecular weight is 235 g/mol. The lowest BCUT2D eigenvalue weighted by Crippen LogP contribution is -2.17. The first-order chi connectivity index (χ1) is 7.93. The first-order valence-corrected chi connectivity index (χ1v) is 6.64. The zero-order valence-corrected chi connectivity index (χ0v) is 11.7. The molecule has 2 rings (SSSR count). The van der Waals surface area contributed by atoms with Gasteiger partial charge in [-0.3, -0.25) is 0 Å². The van der Waals surface area contributed by atoms with Crippen LogP contribution in [0.2, 0.25) is 0 Å². The number of nitrogens with one attached hydrogen (secondary N) is 1. The van der Waals surface area contributed by atoms with Gasteiger partial charge in [-0.2, -0.15) is 0 Å². The van der Waals surface area contributed by atoms with Gasteiger partial charge in [-0.05, 0) is 23.8 Å². The van der Waals surface area contributed by atoms with E-state index in [0.717, 1.165) is 13.1 Å². The molecule has 0 atom stereocenters. The summed E-state index contributed by atoms with van der Waals surface area (Å²) in [6.07, 6.45) is 5.16. The van der Waals surface area contributed by atoms with Gasteiger partial charge in [0.15, 0.2) is 0 Å². The number of imidazole rings is 1. The van der Waals surface area contributed by atoms with Crippen molar-refractivity contribution in [1.82, 2.24) is 14.9 Å². The van der Waals surface area contributed by atoms with Crippen molar-refractivity contribution in [3.63, 3.8) is 0 Å². The van der Waals surface area contributed by atoms with E-state index in [-0.39, 0.29) is 0 Å². The fraction of sp³-hybridized carbons (Fsp3) is 0.786. The molecule has 1 aromatic heterocycles. The molecule has 1 aromatic rings. The van der Waals surface area contributed by atoms with Crippen molar-refractivity contribution >= 4 is 0 Å². The molecule has 0 bridgehead atoms. The maximum Gasteiger partial charge on any atom is 0.0951 e. The van der Waals surface area contributed by atoms with Gasteiger partial charge in [0.2, 0.25) is 0 Å². The van der Waals surface area contributed by atoms with E-state index < -0.39 is 0 Å². The summed E-state index contributed by atoms with van der Waals surface area (Å²) >= 11 is 0. The van der Waals surface area contributed by atoms with Gasteiger partial charge >= 0.3 is 0 Å². The summed E-state index contributed by atoms with van der Waals surface area (Å²) in [6, 6.07) is 0.580. The minimum absolute atomic E-state index is 0.368. The van der Waals surface area contributed by atoms with Crippen molar-refractivity contribution in [3.8, 4) is 0 Å². The monoisotopic (exact) mass is 235 g/mol. The van der Waals surface area contributed by atoms with Gasteiger partial charge in [0, 0.05) is 18.8 Å². The van der Waals surface area contributed by atoms with Crippen LogP contribution >= 0.6 is 0 Å². The van der Waals surface area contributed by atoms with Gasteiger partial charge in [-0.25, -0.2) is 4.98 Å². The molecule has 0 amide bonds. The van der Waals surface area contributed by atoms with Crippen molar-refractivity contribution in [2.45, 2.75) is 53.6 Å². The topological polar surface area (TPSA) is 29.9 Å². The molecule has 1 heterocycles. The van der Waals surface area contributed by atoms with Crippen LogP contribution in [-0.4, -0.2) is 16.1 Å². The summed E-state index contributed by atoms with van der Waals surface area (Å²) in [5, 5.41) is 3.45. The summed E-state index contributed by atoms with van der Waals surface area (Å²) in [5.41, 5.74) is 2.04. The molecule has 1 saturated carbocycles. The van der Waals surface area contributed by atoms with Gasteiger partial charge in [-0.1, -0.05) is 34.6 Å². The maximum absolute atomic E-state index is 4.32. The lowest BCUT2D eigenvalue weighted by atomic mass is 10.0. The lowest BCUT2D eigenvalue weighted by Gasteiger charge is -2.10. The smallest absolute Gasteiger partial charge is 0.0951 e. The second-order valence-electron chi connectivity index (χ2n) is 6.31. The van der Waals surface area contributed by atoms with E-state index in [2.05, 4.69) is 49.5 Å². The maximum atomic E-state index is 4.32. The fourth-order valence-corrected chi connectivity index (χ4v) is 2.95. The Balaban J connectivity index is 2.11. The Morgan fingerprint density at radius 1 is 1.29 bits per heavy atom. The van der Waals surface area contributed by atoms with Crippen molar-refractivity contribution in [3.05, 3.63) is 18.2 Å². The number of hydrogen-bond donors (Lipinski definition) is 1. The van der Waals surface area contributed by atoms with Crippen LogP contribution in [0.1, 0.15) is 52.8 Å². The molecule has 96 valence electrons. The van der Waals surface area contributed by atoms with Crippen LogP contribution in [0.25, 0.3) is 0 Å². The molecule has 0 unspecified atom stereocenters. The highest BCUT2D eigenvalue weighted by Crippen LogP contribution is 2.71. The van der Waals surface area contributed by atoms with Gasteiger partial charge in [-0.15, -0.1) is 0 Å². The Kier molecular flexibility index (Phi) is 3.06. The fourth-order valence-electron chi connectivity index (χ4n) is 2.95. The third-order valence-electron chi connectivity index (χ3n) is 4.70. The molecule has 3 nitrogen and oxygen atoms in total. The van der Waals surface area contributed by atoms with E-state index in [1.165, 1.54) is 12.1 Å². The Bertz CT molecular complexity index is 376. The summed E-state index contributed by atoms with van der Waals surface area (Å²) in [5.74, 6) is 0. The third-order valence-corrected chi connectivity index (χ3v) is 4.70. The first kappa shape index (κ1) is 12.6. The molecule has 3 heteroatoms. The Morgan fingerprint density at radius 2 is 1.94 bits per heavy atom. The van der Waals surface area contributed by atoms with Crippen LogP contribution in [0.5, 0.6) is 0 Å². The Labute approximate surface area is 105 Å². The van der Waals surface area contributed by atoms with Gasteiger partial charge in [0.25, 0.3) is 0 Å². The molecule has 0 aliphatic heterocycles. The first-order valence-electron chi connectivity index (χ1n) is 6.64. The minimum atomic E-state index is 0.368. The van der Waals surface area contributed by atoms with Gasteiger partial charge in [0.1, 0.15) is 0 Å². The number of rotatable bonds is 5. The summed E-state index contributed by atoms with van der Waals surface area (Å²) in [7, 11) is 0. The Hall–Kier alpha value is -0.830. The predicted octanol–water partition coefficient (Wildman–Crippen LogP) is 2.99. The molecule has 0 radical (unpaired) electrons. The quantitative estimate of drug-likeness (QED) is 0.795. The molecule has 0 spiro atoms. The van der Waals surface area contributed by atoms with E-state index in [1.54, 1.807) is 0 Å². The molecule has 1 aliphatic rings. The highest BCUT2D eigenvalue weighted by atomic mass is 15.2. The molecule has 0 saturated heterocycles. The van der Waals surface area contributed by atoms with Crippen LogP contribution in [0.3, 0.4) is 0 Å². The lowest BCUT2D eigenvalue weighted by molar-refractivity contribution is 0.457. The average Bonchev–Trinajstić information content (AvgIpc) is 2.60. The van der Waals surface area contributed by atoms with E-state index in [4.69, 9.17) is 0 Å². The number of aromatic nitrogens is 2. The third kappa shape index (κ3) is 1.90. The molecule has 1 aliphatic carbocycles. The van der Waals surface area contributed by atoms with Crippen molar-refractivity contribution < 1.29 is 0 Å². The summed E-state index contributed by atoms with van der Waals surface area (Å²) in [4.78, 5) is 4.32. The number of nitrogens with zero attached hydrogens (tertiary/aromatic N) is 2. The largest absolute Gasteiger partial charge is 0.329 e. The molecular formula is C14H25N3. The second kappa shape index (κ2) is 4.13. The zero-order valence-electron chi connectivity index (χ0n) is 11.7. The highest BCUT2D eigenvalue weighted by Gasteiger charge is 2.66. The molecule has 1 N–H and O–H groups in total. The molecule has 1 fully saturated rings. The standard InChI is InChI=1S/C14H25N3/c1-6-7-15-8-11-9-16-10-17(11)12-13(2,3)14(12,4)5/h9-10,12,15H,6-8H2,1-5H3.